The second-order valence-electron chi connectivity index (χ2n) is 4.52. The van der Waals surface area contributed by atoms with Gasteiger partial charge in [0.1, 0.15) is 10.7 Å². The Bertz CT molecular complexity index is 609. The van der Waals surface area contributed by atoms with E-state index in [4.69, 9.17) is 5.73 Å². The van der Waals surface area contributed by atoms with Gasteiger partial charge in [0.25, 0.3) is 5.91 Å². The number of amides is 1. The molecule has 0 fully saturated rings. The van der Waals surface area contributed by atoms with Gasteiger partial charge in [-0.05, 0) is 26.2 Å². The third-order valence-electron chi connectivity index (χ3n) is 2.75. The smallest absolute Gasteiger partial charge is 0.263 e. The summed E-state index contributed by atoms with van der Waals surface area (Å²) in [5.41, 5.74) is 6.09. The van der Waals surface area contributed by atoms with Gasteiger partial charge in [-0.3, -0.25) is 4.79 Å². The van der Waals surface area contributed by atoms with Crippen LogP contribution in [0.25, 0.3) is 10.1 Å². The van der Waals surface area contributed by atoms with Crippen molar-refractivity contribution in [1.29, 1.82) is 0 Å². The van der Waals surface area contributed by atoms with E-state index in [2.05, 4.69) is 5.32 Å². The zero-order valence-electron chi connectivity index (χ0n) is 10.9. The minimum absolute atomic E-state index is 0.223. The Labute approximate surface area is 115 Å². The molecule has 0 saturated carbocycles. The van der Waals surface area contributed by atoms with Gasteiger partial charge in [-0.25, -0.2) is 4.39 Å². The molecular formula is C13H16FN3OS. The molecule has 0 aliphatic rings. The van der Waals surface area contributed by atoms with Crippen LogP contribution in [-0.2, 0) is 0 Å². The molecule has 0 atom stereocenters. The lowest BCUT2D eigenvalue weighted by atomic mass is 10.2. The van der Waals surface area contributed by atoms with Crippen LogP contribution < -0.4 is 11.1 Å². The van der Waals surface area contributed by atoms with Crippen LogP contribution in [0.2, 0.25) is 0 Å². The van der Waals surface area contributed by atoms with Crippen LogP contribution in [0.5, 0.6) is 0 Å². The number of fused-ring (bicyclic) bond motifs is 1. The molecule has 102 valence electrons. The quantitative estimate of drug-likeness (QED) is 0.900. The molecule has 1 amide bonds. The Morgan fingerprint density at radius 3 is 2.84 bits per heavy atom. The average Bonchev–Trinajstić information content (AvgIpc) is 2.67. The number of anilines is 1. The van der Waals surface area contributed by atoms with E-state index < -0.39 is 5.82 Å². The number of hydrogen-bond donors (Lipinski definition) is 2. The normalized spacial score (nSPS) is 11.2. The van der Waals surface area contributed by atoms with Gasteiger partial charge >= 0.3 is 0 Å². The summed E-state index contributed by atoms with van der Waals surface area (Å²) < 4.78 is 14.4. The third-order valence-corrected chi connectivity index (χ3v) is 3.92. The Balaban J connectivity index is 2.23. The first kappa shape index (κ1) is 13.8. The SMILES string of the molecule is CN(C)CCNC(=O)c1sc2cccc(F)c2c1N. The van der Waals surface area contributed by atoms with Crippen LogP contribution in [0.3, 0.4) is 0 Å². The summed E-state index contributed by atoms with van der Waals surface area (Å²) in [6.45, 7) is 1.27. The molecule has 0 aliphatic carbocycles. The highest BCUT2D eigenvalue weighted by Gasteiger charge is 2.18. The van der Waals surface area contributed by atoms with Gasteiger partial charge in [-0.15, -0.1) is 11.3 Å². The maximum Gasteiger partial charge on any atom is 0.263 e. The molecule has 0 radical (unpaired) electrons. The van der Waals surface area contributed by atoms with Crippen molar-refractivity contribution in [3.05, 3.63) is 28.9 Å². The number of nitrogens with two attached hydrogens (primary N) is 1. The molecule has 0 saturated heterocycles. The second-order valence-corrected chi connectivity index (χ2v) is 5.57. The fourth-order valence-electron chi connectivity index (χ4n) is 1.77. The summed E-state index contributed by atoms with van der Waals surface area (Å²) in [6.07, 6.45) is 0. The summed E-state index contributed by atoms with van der Waals surface area (Å²) in [5.74, 6) is -0.640. The van der Waals surface area contributed by atoms with Crippen LogP contribution in [0, 0.1) is 5.82 Å². The van der Waals surface area contributed by atoms with Crippen molar-refractivity contribution in [1.82, 2.24) is 10.2 Å². The number of benzene rings is 1. The van der Waals surface area contributed by atoms with E-state index in [9.17, 15) is 9.18 Å². The van der Waals surface area contributed by atoms with Gasteiger partial charge in [0.15, 0.2) is 0 Å². The van der Waals surface area contributed by atoms with Crippen molar-refractivity contribution in [2.75, 3.05) is 32.9 Å². The second kappa shape index (κ2) is 5.54. The molecule has 3 N–H and O–H groups in total. The standard InChI is InChI=1S/C13H16FN3OS/c1-17(2)7-6-16-13(18)12-11(15)10-8(14)4-3-5-9(10)19-12/h3-5H,6-7,15H2,1-2H3,(H,16,18). The van der Waals surface area contributed by atoms with E-state index in [1.807, 2.05) is 19.0 Å². The number of halogens is 1. The molecule has 4 nitrogen and oxygen atoms in total. The molecule has 2 aromatic rings. The Kier molecular flexibility index (Phi) is 4.01. The summed E-state index contributed by atoms with van der Waals surface area (Å²) >= 11 is 1.21. The van der Waals surface area contributed by atoms with Crippen LogP contribution in [0.15, 0.2) is 18.2 Å². The highest BCUT2D eigenvalue weighted by Crippen LogP contribution is 2.35. The first-order valence-corrected chi connectivity index (χ1v) is 6.71. The number of nitrogens with zero attached hydrogens (tertiary/aromatic N) is 1. The lowest BCUT2D eigenvalue weighted by Gasteiger charge is -2.09. The predicted octanol–water partition coefficient (Wildman–Crippen LogP) is 1.91. The average molecular weight is 281 g/mol. The van der Waals surface area contributed by atoms with E-state index in [0.29, 0.717) is 21.5 Å². The molecule has 0 spiro atoms. The Hall–Kier alpha value is -1.66. The Morgan fingerprint density at radius 1 is 1.47 bits per heavy atom. The molecule has 0 bridgehead atoms. The molecule has 1 heterocycles. The van der Waals surface area contributed by atoms with Crippen molar-refractivity contribution in [2.24, 2.45) is 0 Å². The molecule has 6 heteroatoms. The van der Waals surface area contributed by atoms with E-state index in [1.54, 1.807) is 12.1 Å². The fourth-order valence-corrected chi connectivity index (χ4v) is 2.82. The topological polar surface area (TPSA) is 58.4 Å². The number of likely N-dealkylation sites (N-methyl/N-ethyl adjacent to an activating group) is 1. The fraction of sp³-hybridized carbons (Fsp3) is 0.308. The minimum atomic E-state index is -0.390. The van der Waals surface area contributed by atoms with E-state index in [1.165, 1.54) is 17.4 Å². The largest absolute Gasteiger partial charge is 0.397 e. The lowest BCUT2D eigenvalue weighted by molar-refractivity contribution is 0.0956. The van der Waals surface area contributed by atoms with Crippen LogP contribution >= 0.6 is 11.3 Å². The number of nitrogen functional groups attached to an aromatic ring is 1. The van der Waals surface area contributed by atoms with Crippen molar-refractivity contribution in [3.63, 3.8) is 0 Å². The van der Waals surface area contributed by atoms with Crippen molar-refractivity contribution >= 4 is 33.0 Å². The molecule has 1 aromatic heterocycles. The van der Waals surface area contributed by atoms with Crippen LogP contribution in [0.1, 0.15) is 9.67 Å². The van der Waals surface area contributed by atoms with Gasteiger partial charge in [0.05, 0.1) is 11.1 Å². The van der Waals surface area contributed by atoms with E-state index >= 15 is 0 Å². The number of carbonyl (C=O) groups excluding carboxylic acids is 1. The van der Waals surface area contributed by atoms with Gasteiger partial charge < -0.3 is 16.0 Å². The molecule has 0 aliphatic heterocycles. The zero-order chi connectivity index (χ0) is 14.0. The maximum atomic E-state index is 13.7. The first-order chi connectivity index (χ1) is 9.00. The molecule has 19 heavy (non-hydrogen) atoms. The highest BCUT2D eigenvalue weighted by molar-refractivity contribution is 7.21. The molecule has 1 aromatic carbocycles. The molecular weight excluding hydrogens is 265 g/mol. The zero-order valence-corrected chi connectivity index (χ0v) is 11.7. The Morgan fingerprint density at radius 2 is 2.21 bits per heavy atom. The van der Waals surface area contributed by atoms with Crippen molar-refractivity contribution < 1.29 is 9.18 Å². The van der Waals surface area contributed by atoms with Gasteiger partial charge in [-0.2, -0.15) is 0 Å². The van der Waals surface area contributed by atoms with Crippen LogP contribution in [0.4, 0.5) is 10.1 Å². The maximum absolute atomic E-state index is 13.7. The third kappa shape index (κ3) is 2.85. The number of nitrogens with one attached hydrogen (secondary N) is 1. The van der Waals surface area contributed by atoms with Crippen LogP contribution in [-0.4, -0.2) is 38.0 Å². The summed E-state index contributed by atoms with van der Waals surface area (Å²) in [5, 5.41) is 3.12. The highest BCUT2D eigenvalue weighted by atomic mass is 32.1. The minimum Gasteiger partial charge on any atom is -0.397 e. The lowest BCUT2D eigenvalue weighted by Crippen LogP contribution is -2.31. The predicted molar refractivity (Wildman–Crippen MR) is 77.1 cm³/mol. The van der Waals surface area contributed by atoms with Gasteiger partial charge in [0, 0.05) is 17.8 Å². The summed E-state index contributed by atoms with van der Waals surface area (Å²) in [7, 11) is 3.85. The number of hydrogen-bond acceptors (Lipinski definition) is 4. The van der Waals surface area contributed by atoms with Crippen molar-refractivity contribution in [3.8, 4) is 0 Å². The number of thiophene rings is 1. The first-order valence-electron chi connectivity index (χ1n) is 5.90. The molecule has 2 rings (SSSR count). The van der Waals surface area contributed by atoms with Gasteiger partial charge in [0.2, 0.25) is 0 Å². The van der Waals surface area contributed by atoms with Gasteiger partial charge in [-0.1, -0.05) is 6.07 Å². The van der Waals surface area contributed by atoms with E-state index in [-0.39, 0.29) is 11.6 Å². The number of carbonyl (C=O) groups is 1. The molecule has 0 unspecified atom stereocenters. The van der Waals surface area contributed by atoms with Crippen molar-refractivity contribution in [2.45, 2.75) is 0 Å². The monoisotopic (exact) mass is 281 g/mol. The van der Waals surface area contributed by atoms with E-state index in [0.717, 1.165) is 6.54 Å². The number of rotatable bonds is 4. The summed E-state index contributed by atoms with van der Waals surface area (Å²) in [4.78, 5) is 14.3. The summed E-state index contributed by atoms with van der Waals surface area (Å²) in [6, 6.07) is 4.72.